The Balaban J connectivity index is 0.000000168. The van der Waals surface area contributed by atoms with E-state index in [1.54, 1.807) is 54.6 Å². The SMILES string of the molecule is CCC(F)(F)CS(=O)(=O)F.O=S(=O)(CC(F)(F)CC(F)(F)F)Oc1c(-c2ccc(-c3nc(-c4ccccc4)cc(-c4ccccc4)n3)cc2)ccc2c1oc1ccccc12.Oc1c(-c2ccc(-c3nc(-c4ccccc4)nc(-c4ccccc4)n3)cc2)ccc2c1oc1ccccc12. The lowest BCUT2D eigenvalue weighted by molar-refractivity contribution is -0.181. The summed E-state index contributed by atoms with van der Waals surface area (Å²) in [5, 5.41) is 14.0. The van der Waals surface area contributed by atoms with Crippen LogP contribution in [0.25, 0.3) is 134 Å². The zero-order valence-corrected chi connectivity index (χ0v) is 53.0. The molecule has 14 rings (SSSR count). The van der Waals surface area contributed by atoms with Gasteiger partial charge in [-0.25, -0.2) is 42.5 Å². The quantitative estimate of drug-likeness (QED) is 0.0547. The van der Waals surface area contributed by atoms with Crippen LogP contribution < -0.4 is 4.18 Å². The van der Waals surface area contributed by atoms with Gasteiger partial charge in [0.2, 0.25) is 0 Å². The van der Waals surface area contributed by atoms with Crippen molar-refractivity contribution in [1.82, 2.24) is 24.9 Å². The van der Waals surface area contributed by atoms with Gasteiger partial charge < -0.3 is 18.1 Å². The third-order valence-corrected chi connectivity index (χ3v) is 17.4. The minimum absolute atomic E-state index is 0.0677. The number of para-hydroxylation sites is 2. The van der Waals surface area contributed by atoms with Gasteiger partial charge in [-0.15, -0.1) is 3.89 Å². The molecule has 0 bridgehead atoms. The van der Waals surface area contributed by atoms with E-state index < -0.39 is 68.5 Å². The van der Waals surface area contributed by atoms with Crippen LogP contribution in [0.5, 0.6) is 11.5 Å². The fourth-order valence-corrected chi connectivity index (χ4v) is 12.6. The van der Waals surface area contributed by atoms with Gasteiger partial charge in [0.25, 0.3) is 11.8 Å². The Kier molecular flexibility index (Phi) is 18.8. The van der Waals surface area contributed by atoms with Crippen LogP contribution in [-0.2, 0) is 20.3 Å². The van der Waals surface area contributed by atoms with Crippen molar-refractivity contribution < 1.29 is 69.6 Å². The second kappa shape index (κ2) is 27.5. The topological polar surface area (TPSA) is 188 Å². The standard InChI is InChI=1S/C38H25F5N2O4S.C33H21N3O2.C4H7F3O2S/c39-37(40,22-38(41,42)43)23-50(46,47)49-35-28(19-20-30-29-13-7-8-14-33(29)48-34(30)35)24-15-17-27(18-16-24)36-44-31(25-9-3-1-4-10-25)21-32(45-36)26-11-5-2-6-12-26;37-29-25(19-20-27-26-13-7-8-14-28(26)38-30(27)29)21-15-17-24(18-16-21)33-35-31(22-9-3-1-4-10-22)34-32(36-33)23-11-5-2-6-12-23;1-2-4(5,6)3-10(7,8)9/h1-21H,22-23H2;1-20,37H;2-3H2,1H3. The molecular weight excluding hydrogens is 1310 g/mol. The van der Waals surface area contributed by atoms with Gasteiger partial charge in [-0.3, -0.25) is 0 Å². The molecule has 0 saturated carbocycles. The number of hydrogen-bond acceptors (Lipinski definition) is 13. The number of halogens is 8. The fourth-order valence-electron chi connectivity index (χ4n) is 10.8. The van der Waals surface area contributed by atoms with E-state index in [1.165, 1.54) is 6.07 Å². The molecular formula is C75H53F8N5O8S2. The van der Waals surface area contributed by atoms with E-state index in [0.717, 1.165) is 56.7 Å². The monoisotopic (exact) mass is 1370 g/mol. The molecule has 4 aromatic heterocycles. The van der Waals surface area contributed by atoms with Crippen LogP contribution in [0.4, 0.5) is 34.6 Å². The number of phenols is 1. The average Bonchev–Trinajstić information content (AvgIpc) is 1.79. The van der Waals surface area contributed by atoms with Crippen molar-refractivity contribution in [3.8, 4) is 102 Å². The molecule has 0 atom stereocenters. The number of nitrogens with zero attached hydrogens (tertiary/aromatic N) is 5. The van der Waals surface area contributed by atoms with Crippen molar-refractivity contribution in [2.45, 2.75) is 37.8 Å². The Morgan fingerprint density at radius 3 is 1.19 bits per heavy atom. The summed E-state index contributed by atoms with van der Waals surface area (Å²) in [6.07, 6.45) is -8.59. The first kappa shape index (κ1) is 66.8. The summed E-state index contributed by atoms with van der Waals surface area (Å²) in [5.41, 5.74) is 10.1. The smallest absolute Gasteiger partial charge is 0.394 e. The van der Waals surface area contributed by atoms with Crippen molar-refractivity contribution in [3.63, 3.8) is 0 Å². The molecule has 494 valence electrons. The predicted molar refractivity (Wildman–Crippen MR) is 362 cm³/mol. The van der Waals surface area contributed by atoms with Gasteiger partial charge in [0, 0.05) is 72.5 Å². The van der Waals surface area contributed by atoms with Crippen molar-refractivity contribution in [1.29, 1.82) is 0 Å². The lowest BCUT2D eigenvalue weighted by atomic mass is 10.0. The number of aromatic hydroxyl groups is 1. The number of phenolic OH excluding ortho intramolecular Hbond substituents is 1. The highest BCUT2D eigenvalue weighted by Gasteiger charge is 2.47. The second-order valence-corrected chi connectivity index (χ2v) is 25.5. The van der Waals surface area contributed by atoms with Gasteiger partial charge in [-0.2, -0.15) is 30.0 Å². The number of aromatic nitrogens is 5. The van der Waals surface area contributed by atoms with E-state index in [2.05, 4.69) is 0 Å². The molecule has 10 aromatic carbocycles. The normalized spacial score (nSPS) is 12.1. The summed E-state index contributed by atoms with van der Waals surface area (Å²) < 4.78 is 165. The fraction of sp³-hybridized carbons (Fsp3) is 0.107. The Bertz CT molecular complexity index is 5310. The van der Waals surface area contributed by atoms with E-state index in [1.807, 2.05) is 188 Å². The van der Waals surface area contributed by atoms with Gasteiger partial charge >= 0.3 is 26.5 Å². The first-order valence-electron chi connectivity index (χ1n) is 30.2. The molecule has 13 nitrogen and oxygen atoms in total. The van der Waals surface area contributed by atoms with Crippen LogP contribution in [0, 0.1) is 0 Å². The van der Waals surface area contributed by atoms with Gasteiger partial charge in [0.1, 0.15) is 23.3 Å². The molecule has 14 aromatic rings. The van der Waals surface area contributed by atoms with E-state index in [0.29, 0.717) is 73.3 Å². The number of alkyl halides is 7. The maximum atomic E-state index is 14.3. The van der Waals surface area contributed by atoms with Crippen LogP contribution in [0.3, 0.4) is 0 Å². The molecule has 98 heavy (non-hydrogen) atoms. The molecule has 0 saturated heterocycles. The highest BCUT2D eigenvalue weighted by Crippen LogP contribution is 2.45. The van der Waals surface area contributed by atoms with Gasteiger partial charge in [0.05, 0.1) is 11.4 Å². The average molecular weight is 1370 g/mol. The number of furan rings is 2. The lowest BCUT2D eigenvalue weighted by Crippen LogP contribution is -2.35. The third-order valence-electron chi connectivity index (χ3n) is 15.5. The highest BCUT2D eigenvalue weighted by atomic mass is 32.3. The molecule has 0 radical (unpaired) electrons. The number of rotatable bonds is 16. The van der Waals surface area contributed by atoms with Crippen LogP contribution in [0.2, 0.25) is 0 Å². The number of fused-ring (bicyclic) bond motifs is 6. The van der Waals surface area contributed by atoms with Crippen LogP contribution in [-0.4, -0.2) is 76.4 Å². The van der Waals surface area contributed by atoms with E-state index in [9.17, 15) is 56.6 Å². The summed E-state index contributed by atoms with van der Waals surface area (Å²) in [6, 6.07) is 77.2. The first-order valence-corrected chi connectivity index (χ1v) is 33.3. The van der Waals surface area contributed by atoms with Gasteiger partial charge in [-0.1, -0.05) is 213 Å². The van der Waals surface area contributed by atoms with Crippen LogP contribution >= 0.6 is 0 Å². The molecule has 4 heterocycles. The molecule has 0 aliphatic heterocycles. The molecule has 0 amide bonds. The Morgan fingerprint density at radius 2 is 0.765 bits per heavy atom. The largest absolute Gasteiger partial charge is 0.504 e. The summed E-state index contributed by atoms with van der Waals surface area (Å²) in [7, 11) is -10.3. The zero-order valence-electron chi connectivity index (χ0n) is 51.4. The van der Waals surface area contributed by atoms with E-state index >= 15 is 0 Å². The minimum atomic E-state index is -5.29. The van der Waals surface area contributed by atoms with Crippen LogP contribution in [0.15, 0.2) is 258 Å². The summed E-state index contributed by atoms with van der Waals surface area (Å²) in [6.45, 7) is 1.09. The van der Waals surface area contributed by atoms with Crippen molar-refractivity contribution in [2.75, 3.05) is 11.5 Å². The highest BCUT2D eigenvalue weighted by molar-refractivity contribution is 7.87. The second-order valence-electron chi connectivity index (χ2n) is 22.6. The molecule has 0 fully saturated rings. The molecule has 23 heteroatoms. The summed E-state index contributed by atoms with van der Waals surface area (Å²) in [5.74, 6) is -10.0. The molecule has 1 N–H and O–H groups in total. The Hall–Kier alpha value is -11.2. The van der Waals surface area contributed by atoms with Crippen LogP contribution in [0.1, 0.15) is 19.8 Å². The van der Waals surface area contributed by atoms with Crippen molar-refractivity contribution >= 4 is 64.2 Å². The third kappa shape index (κ3) is 15.7. The van der Waals surface area contributed by atoms with Crippen molar-refractivity contribution in [2.24, 2.45) is 0 Å². The molecule has 0 spiro atoms. The summed E-state index contributed by atoms with van der Waals surface area (Å²) >= 11 is 0. The molecule has 0 aliphatic carbocycles. The molecule has 0 unspecified atom stereocenters. The zero-order chi connectivity index (χ0) is 69.0. The number of hydrogen-bond donors (Lipinski definition) is 1. The summed E-state index contributed by atoms with van der Waals surface area (Å²) in [4.78, 5) is 24.0. The Morgan fingerprint density at radius 1 is 0.398 bits per heavy atom. The van der Waals surface area contributed by atoms with E-state index in [4.69, 9.17) is 37.9 Å². The maximum absolute atomic E-state index is 14.3. The lowest BCUT2D eigenvalue weighted by Gasteiger charge is -2.19. The predicted octanol–water partition coefficient (Wildman–Crippen LogP) is 19.8. The Labute approximate surface area is 555 Å². The molecule has 0 aliphatic rings. The number of benzene rings is 10. The minimum Gasteiger partial charge on any atom is -0.504 e. The van der Waals surface area contributed by atoms with Gasteiger partial charge in [0.15, 0.2) is 51.7 Å². The first-order chi connectivity index (χ1) is 46.9. The van der Waals surface area contributed by atoms with E-state index in [-0.39, 0.29) is 16.9 Å². The van der Waals surface area contributed by atoms with Gasteiger partial charge in [-0.05, 0) is 53.6 Å². The van der Waals surface area contributed by atoms with Crippen molar-refractivity contribution in [3.05, 3.63) is 249 Å². The maximum Gasteiger partial charge on any atom is 0.394 e.